The third-order valence-electron chi connectivity index (χ3n) is 3.31. The lowest BCUT2D eigenvalue weighted by atomic mass is 10.1. The van der Waals surface area contributed by atoms with E-state index in [1.165, 1.54) is 0 Å². The molecule has 5 heteroatoms. The maximum Gasteiger partial charge on any atom is 0.256 e. The van der Waals surface area contributed by atoms with Gasteiger partial charge in [-0.3, -0.25) is 4.79 Å². The van der Waals surface area contributed by atoms with E-state index in [1.807, 2.05) is 7.05 Å². The number of likely N-dealkylation sites (tertiary alicyclic amines) is 1. The first-order valence-electron chi connectivity index (χ1n) is 5.85. The van der Waals surface area contributed by atoms with Crippen molar-refractivity contribution in [3.63, 3.8) is 0 Å². The summed E-state index contributed by atoms with van der Waals surface area (Å²) < 4.78 is 13.8. The van der Waals surface area contributed by atoms with Crippen molar-refractivity contribution < 1.29 is 9.18 Å². The first-order valence-corrected chi connectivity index (χ1v) is 5.85. The van der Waals surface area contributed by atoms with Crippen LogP contribution >= 0.6 is 12.4 Å². The Hall–Kier alpha value is -1.13. The van der Waals surface area contributed by atoms with Crippen molar-refractivity contribution >= 4 is 18.3 Å². The maximum atomic E-state index is 13.8. The Morgan fingerprint density at radius 1 is 1.50 bits per heavy atom. The summed E-state index contributed by atoms with van der Waals surface area (Å²) in [6, 6.07) is 5.27. The molecule has 1 aliphatic heterocycles. The monoisotopic (exact) mass is 272 g/mol. The van der Waals surface area contributed by atoms with E-state index in [-0.39, 0.29) is 23.9 Å². The number of nitrogens with zero attached hydrogens (tertiary/aromatic N) is 1. The number of hydrogen-bond donors (Lipinski definition) is 1. The number of carbonyl (C=O) groups excluding carboxylic acids is 1. The van der Waals surface area contributed by atoms with Crippen LogP contribution in [0.4, 0.5) is 4.39 Å². The van der Waals surface area contributed by atoms with Crippen molar-refractivity contribution in [3.8, 4) is 0 Å². The molecule has 1 aromatic rings. The van der Waals surface area contributed by atoms with Gasteiger partial charge >= 0.3 is 0 Å². The van der Waals surface area contributed by atoms with Crippen LogP contribution in [0, 0.1) is 12.7 Å². The van der Waals surface area contributed by atoms with Crippen molar-refractivity contribution in [2.24, 2.45) is 0 Å². The lowest BCUT2D eigenvalue weighted by Crippen LogP contribution is -2.33. The molecule has 1 unspecified atom stereocenters. The van der Waals surface area contributed by atoms with Crippen molar-refractivity contribution in [2.45, 2.75) is 19.4 Å². The largest absolute Gasteiger partial charge is 0.337 e. The van der Waals surface area contributed by atoms with Crippen LogP contribution < -0.4 is 5.32 Å². The number of rotatable bonds is 2. The zero-order chi connectivity index (χ0) is 12.4. The number of amides is 1. The lowest BCUT2D eigenvalue weighted by Gasteiger charge is -2.17. The van der Waals surface area contributed by atoms with Crippen LogP contribution in [0.5, 0.6) is 0 Å². The molecule has 0 aliphatic carbocycles. The molecule has 2 rings (SSSR count). The fraction of sp³-hybridized carbons (Fsp3) is 0.462. The molecule has 1 aliphatic rings. The van der Waals surface area contributed by atoms with E-state index in [9.17, 15) is 9.18 Å². The van der Waals surface area contributed by atoms with Crippen LogP contribution in [-0.2, 0) is 0 Å². The number of hydrogen-bond acceptors (Lipinski definition) is 2. The van der Waals surface area contributed by atoms with Crippen LogP contribution in [0.1, 0.15) is 22.3 Å². The van der Waals surface area contributed by atoms with Gasteiger partial charge in [-0.25, -0.2) is 4.39 Å². The van der Waals surface area contributed by atoms with E-state index < -0.39 is 5.82 Å². The smallest absolute Gasteiger partial charge is 0.256 e. The Bertz CT molecular complexity index is 439. The molecule has 1 saturated heterocycles. The van der Waals surface area contributed by atoms with Crippen molar-refractivity contribution in [2.75, 3.05) is 20.1 Å². The molecule has 1 aromatic carbocycles. The highest BCUT2D eigenvalue weighted by atomic mass is 35.5. The molecule has 1 N–H and O–H groups in total. The molecule has 0 spiro atoms. The van der Waals surface area contributed by atoms with Crippen molar-refractivity contribution in [1.29, 1.82) is 0 Å². The van der Waals surface area contributed by atoms with E-state index in [0.29, 0.717) is 24.7 Å². The number of benzene rings is 1. The second-order valence-electron chi connectivity index (χ2n) is 4.46. The topological polar surface area (TPSA) is 32.3 Å². The van der Waals surface area contributed by atoms with Crippen molar-refractivity contribution in [3.05, 3.63) is 35.1 Å². The van der Waals surface area contributed by atoms with E-state index in [2.05, 4.69) is 5.32 Å². The molecule has 0 radical (unpaired) electrons. The Morgan fingerprint density at radius 3 is 2.83 bits per heavy atom. The summed E-state index contributed by atoms with van der Waals surface area (Å²) in [5.74, 6) is -0.602. The summed E-state index contributed by atoms with van der Waals surface area (Å²) in [5.41, 5.74) is 0.696. The van der Waals surface area contributed by atoms with Gasteiger partial charge in [0.05, 0.1) is 5.56 Å². The number of halogens is 2. The van der Waals surface area contributed by atoms with Crippen molar-refractivity contribution in [1.82, 2.24) is 10.2 Å². The zero-order valence-corrected chi connectivity index (χ0v) is 11.4. The van der Waals surface area contributed by atoms with E-state index in [0.717, 1.165) is 6.42 Å². The molecule has 0 bridgehead atoms. The minimum atomic E-state index is -0.398. The second kappa shape index (κ2) is 6.16. The summed E-state index contributed by atoms with van der Waals surface area (Å²) in [5, 5.41) is 3.14. The molecule has 1 atom stereocenters. The Morgan fingerprint density at radius 2 is 2.22 bits per heavy atom. The highest BCUT2D eigenvalue weighted by molar-refractivity contribution is 5.94. The van der Waals surface area contributed by atoms with Gasteiger partial charge in [-0.2, -0.15) is 0 Å². The highest BCUT2D eigenvalue weighted by Crippen LogP contribution is 2.17. The molecule has 3 nitrogen and oxygen atoms in total. The van der Waals surface area contributed by atoms with Gasteiger partial charge in [0.15, 0.2) is 0 Å². The molecular weight excluding hydrogens is 255 g/mol. The van der Waals surface area contributed by atoms with Gasteiger partial charge in [0.2, 0.25) is 0 Å². The molecule has 1 fully saturated rings. The Kier molecular flexibility index (Phi) is 5.11. The summed E-state index contributed by atoms with van der Waals surface area (Å²) in [6.07, 6.45) is 0.926. The van der Waals surface area contributed by atoms with Gasteiger partial charge in [-0.15, -0.1) is 12.4 Å². The van der Waals surface area contributed by atoms with Gasteiger partial charge in [-0.1, -0.05) is 12.1 Å². The third kappa shape index (κ3) is 2.82. The van der Waals surface area contributed by atoms with E-state index in [1.54, 1.807) is 30.0 Å². The minimum absolute atomic E-state index is 0. The predicted molar refractivity (Wildman–Crippen MR) is 71.8 cm³/mol. The standard InChI is InChI=1S/C13H17FN2O.ClH/c1-9-4-3-5-11(12(9)14)13(17)16-7-6-10(8-16)15-2;/h3-5,10,15H,6-8H2,1-2H3;1H. The number of nitrogens with one attached hydrogen (secondary N) is 1. The Labute approximate surface area is 113 Å². The van der Waals surface area contributed by atoms with Crippen LogP contribution in [0.25, 0.3) is 0 Å². The van der Waals surface area contributed by atoms with Gasteiger partial charge in [0.1, 0.15) is 5.82 Å². The lowest BCUT2D eigenvalue weighted by molar-refractivity contribution is 0.0785. The molecule has 18 heavy (non-hydrogen) atoms. The predicted octanol–water partition coefficient (Wildman–Crippen LogP) is 1.99. The summed E-state index contributed by atoms with van der Waals surface area (Å²) in [6.45, 7) is 3.02. The van der Waals surface area contributed by atoms with Gasteiger partial charge in [0, 0.05) is 19.1 Å². The van der Waals surface area contributed by atoms with E-state index in [4.69, 9.17) is 0 Å². The van der Waals surface area contributed by atoms with Crippen LogP contribution in [0.3, 0.4) is 0 Å². The van der Waals surface area contributed by atoms with Crippen LogP contribution in [-0.4, -0.2) is 37.0 Å². The van der Waals surface area contributed by atoms with Crippen LogP contribution in [0.15, 0.2) is 18.2 Å². The second-order valence-corrected chi connectivity index (χ2v) is 4.46. The number of likely N-dealkylation sites (N-methyl/N-ethyl adjacent to an activating group) is 1. The highest BCUT2D eigenvalue weighted by Gasteiger charge is 2.27. The number of aryl methyl sites for hydroxylation is 1. The van der Waals surface area contributed by atoms with E-state index >= 15 is 0 Å². The van der Waals surface area contributed by atoms with Gasteiger partial charge < -0.3 is 10.2 Å². The summed E-state index contributed by atoms with van der Waals surface area (Å²) in [7, 11) is 1.88. The molecule has 0 saturated carbocycles. The minimum Gasteiger partial charge on any atom is -0.337 e. The quantitative estimate of drug-likeness (QED) is 0.893. The fourth-order valence-electron chi connectivity index (χ4n) is 2.16. The third-order valence-corrected chi connectivity index (χ3v) is 3.31. The molecule has 1 amide bonds. The molecule has 1 heterocycles. The van der Waals surface area contributed by atoms with Crippen LogP contribution in [0.2, 0.25) is 0 Å². The fourth-order valence-corrected chi connectivity index (χ4v) is 2.16. The Balaban J connectivity index is 0.00000162. The van der Waals surface area contributed by atoms with Gasteiger partial charge in [0.25, 0.3) is 5.91 Å². The summed E-state index contributed by atoms with van der Waals surface area (Å²) in [4.78, 5) is 13.8. The summed E-state index contributed by atoms with van der Waals surface area (Å²) >= 11 is 0. The average Bonchev–Trinajstić information content (AvgIpc) is 2.80. The first kappa shape index (κ1) is 14.9. The van der Waals surface area contributed by atoms with Gasteiger partial charge in [-0.05, 0) is 32.0 Å². The normalized spacial score (nSPS) is 18.6. The average molecular weight is 273 g/mol. The maximum absolute atomic E-state index is 13.8. The molecular formula is C13H18ClFN2O. The zero-order valence-electron chi connectivity index (χ0n) is 10.6. The SMILES string of the molecule is CNC1CCN(C(=O)c2cccc(C)c2F)C1.Cl. The molecule has 100 valence electrons. The first-order chi connectivity index (χ1) is 8.13. The number of carbonyl (C=O) groups is 1. The molecule has 0 aromatic heterocycles.